The Hall–Kier alpha value is -3.82. The summed E-state index contributed by atoms with van der Waals surface area (Å²) in [6.07, 6.45) is 7.24. The third-order valence-corrected chi connectivity index (χ3v) is 5.21. The van der Waals surface area contributed by atoms with Crippen LogP contribution in [0.3, 0.4) is 0 Å². The van der Waals surface area contributed by atoms with Crippen LogP contribution in [0.25, 0.3) is 11.2 Å². The van der Waals surface area contributed by atoms with Gasteiger partial charge < -0.3 is 21.3 Å². The number of nitrogens with two attached hydrogens (primary N) is 2. The first-order chi connectivity index (χ1) is 13.8. The van der Waals surface area contributed by atoms with Crippen LogP contribution < -0.4 is 11.5 Å². The number of rotatable bonds is 4. The highest BCUT2D eigenvalue weighted by Gasteiger charge is 2.51. The number of carbonyl (C=O) groups is 2. The Balaban J connectivity index is 1.72. The molecule has 2 aromatic heterocycles. The Kier molecular flexibility index (Phi) is 4.26. The monoisotopic (exact) mass is 394 g/mol. The number of allylic oxidation sites excluding steroid dienone is 3. The molecule has 1 aliphatic heterocycles. The van der Waals surface area contributed by atoms with Gasteiger partial charge in [0, 0.05) is 12.8 Å². The van der Waals surface area contributed by atoms with Crippen molar-refractivity contribution < 1.29 is 19.4 Å². The maximum absolute atomic E-state index is 12.8. The van der Waals surface area contributed by atoms with Crippen molar-refractivity contribution in [2.45, 2.75) is 19.3 Å². The van der Waals surface area contributed by atoms with Crippen molar-refractivity contribution in [3.05, 3.63) is 48.0 Å². The first-order valence-electron chi connectivity index (χ1n) is 8.85. The Bertz CT molecular complexity index is 1130. The van der Waals surface area contributed by atoms with Crippen LogP contribution in [0.15, 0.2) is 42.3 Å². The third-order valence-electron chi connectivity index (χ3n) is 5.21. The van der Waals surface area contributed by atoms with E-state index in [0.29, 0.717) is 29.8 Å². The van der Waals surface area contributed by atoms with Crippen molar-refractivity contribution >= 4 is 34.9 Å². The summed E-state index contributed by atoms with van der Waals surface area (Å²) in [5.74, 6) is -1.26. The van der Waals surface area contributed by atoms with Crippen LogP contribution in [-0.4, -0.2) is 37.0 Å². The highest BCUT2D eigenvalue weighted by atomic mass is 16.5. The molecule has 0 bridgehead atoms. The van der Waals surface area contributed by atoms with Gasteiger partial charge in [-0.25, -0.2) is 14.8 Å². The predicted octanol–water partition coefficient (Wildman–Crippen LogP) is 1.16. The quantitative estimate of drug-likeness (QED) is 0.640. The van der Waals surface area contributed by atoms with Crippen LogP contribution >= 0.6 is 0 Å². The van der Waals surface area contributed by atoms with Gasteiger partial charge in [-0.3, -0.25) is 4.79 Å². The molecule has 2 atom stereocenters. The second kappa shape index (κ2) is 6.66. The summed E-state index contributed by atoms with van der Waals surface area (Å²) in [6.45, 7) is 3.79. The number of hydrogen-bond acceptors (Lipinski definition) is 9. The second-order valence-corrected chi connectivity index (χ2v) is 7.10. The highest BCUT2D eigenvalue weighted by Crippen LogP contribution is 2.47. The standard InChI is InChI=1S/C19H18N6O4/c1-9-6-19(17(28)29-9,11-4-2-10(3-5-11)16(26)27)7-12-8-22-15-13(23-12)14(20)24-18(21)25-15/h2-4,8,11H,1,5-7H2,(H,26,27)(H4,20,21,22,24,25). The number of ether oxygens (including phenoxy) is 1. The average molecular weight is 394 g/mol. The molecule has 0 radical (unpaired) electrons. The van der Waals surface area contributed by atoms with E-state index in [0.717, 1.165) is 0 Å². The number of carboxylic acids is 1. The van der Waals surface area contributed by atoms with Crippen LogP contribution in [0.5, 0.6) is 0 Å². The minimum atomic E-state index is -1.01. The smallest absolute Gasteiger partial charge is 0.335 e. The molecule has 3 heterocycles. The number of nitrogens with zero attached hydrogens (tertiary/aromatic N) is 4. The normalized spacial score (nSPS) is 23.9. The first-order valence-corrected chi connectivity index (χ1v) is 8.85. The maximum atomic E-state index is 12.8. The fourth-order valence-corrected chi connectivity index (χ4v) is 3.82. The van der Waals surface area contributed by atoms with Gasteiger partial charge in [-0.05, 0) is 12.3 Å². The van der Waals surface area contributed by atoms with Crippen LogP contribution in [0, 0.1) is 11.3 Å². The van der Waals surface area contributed by atoms with Gasteiger partial charge >= 0.3 is 11.9 Å². The Morgan fingerprint density at radius 1 is 1.34 bits per heavy atom. The summed E-state index contributed by atoms with van der Waals surface area (Å²) < 4.78 is 5.29. The zero-order valence-corrected chi connectivity index (χ0v) is 15.3. The molecule has 29 heavy (non-hydrogen) atoms. The largest absolute Gasteiger partial charge is 0.478 e. The highest BCUT2D eigenvalue weighted by molar-refractivity contribution is 5.90. The van der Waals surface area contributed by atoms with Gasteiger partial charge in [0.1, 0.15) is 5.76 Å². The second-order valence-electron chi connectivity index (χ2n) is 7.10. The molecule has 2 aromatic rings. The molecule has 148 valence electrons. The lowest BCUT2D eigenvalue weighted by Gasteiger charge is -2.32. The molecule has 4 rings (SSSR count). The van der Waals surface area contributed by atoms with Gasteiger partial charge in [-0.1, -0.05) is 24.8 Å². The molecule has 5 N–H and O–H groups in total. The van der Waals surface area contributed by atoms with E-state index in [1.165, 1.54) is 12.3 Å². The van der Waals surface area contributed by atoms with Crippen molar-refractivity contribution in [1.82, 2.24) is 19.9 Å². The van der Waals surface area contributed by atoms with Crippen LogP contribution in [0.1, 0.15) is 18.5 Å². The number of cyclic esters (lactones) is 1. The van der Waals surface area contributed by atoms with Gasteiger partial charge in [-0.2, -0.15) is 9.97 Å². The molecule has 1 aliphatic carbocycles. The summed E-state index contributed by atoms with van der Waals surface area (Å²) in [5, 5.41) is 9.15. The van der Waals surface area contributed by atoms with E-state index in [-0.39, 0.29) is 35.3 Å². The van der Waals surface area contributed by atoms with E-state index < -0.39 is 17.4 Å². The number of anilines is 2. The number of carbonyl (C=O) groups excluding carboxylic acids is 1. The summed E-state index contributed by atoms with van der Waals surface area (Å²) in [7, 11) is 0. The molecule has 10 nitrogen and oxygen atoms in total. The summed E-state index contributed by atoms with van der Waals surface area (Å²) in [4.78, 5) is 40.6. The van der Waals surface area contributed by atoms with Crippen molar-refractivity contribution in [3.8, 4) is 0 Å². The van der Waals surface area contributed by atoms with Crippen molar-refractivity contribution in [1.29, 1.82) is 0 Å². The van der Waals surface area contributed by atoms with E-state index in [2.05, 4.69) is 26.5 Å². The SMILES string of the molecule is C=C1CC(Cc2cnc3nc(N)nc(N)c3n2)(C2C=CC(C(=O)O)=CC2)C(=O)O1. The van der Waals surface area contributed by atoms with Gasteiger partial charge in [0.05, 0.1) is 22.9 Å². The van der Waals surface area contributed by atoms with Crippen molar-refractivity contribution in [3.63, 3.8) is 0 Å². The van der Waals surface area contributed by atoms with E-state index in [9.17, 15) is 9.59 Å². The van der Waals surface area contributed by atoms with Gasteiger partial charge in [0.2, 0.25) is 5.95 Å². The van der Waals surface area contributed by atoms with Crippen LogP contribution in [-0.2, 0) is 20.7 Å². The molecule has 0 spiro atoms. The number of hydrogen-bond donors (Lipinski definition) is 3. The van der Waals surface area contributed by atoms with E-state index in [1.807, 2.05) is 0 Å². The molecule has 0 aromatic carbocycles. The molecule has 0 amide bonds. The Morgan fingerprint density at radius 3 is 2.76 bits per heavy atom. The number of fused-ring (bicyclic) bond motifs is 1. The van der Waals surface area contributed by atoms with Crippen LogP contribution in [0.4, 0.5) is 11.8 Å². The predicted molar refractivity (Wildman–Crippen MR) is 103 cm³/mol. The Morgan fingerprint density at radius 2 is 2.14 bits per heavy atom. The fraction of sp³-hybridized carbons (Fsp3) is 0.263. The summed E-state index contributed by atoms with van der Waals surface area (Å²) in [6, 6.07) is 0. The molecule has 10 heteroatoms. The van der Waals surface area contributed by atoms with E-state index >= 15 is 0 Å². The minimum absolute atomic E-state index is 0.00226. The zero-order chi connectivity index (χ0) is 20.8. The molecule has 1 saturated heterocycles. The third kappa shape index (κ3) is 3.18. The molecule has 1 fully saturated rings. The molecular formula is C19H18N6O4. The van der Waals surface area contributed by atoms with Crippen molar-refractivity contribution in [2.75, 3.05) is 11.5 Å². The summed E-state index contributed by atoms with van der Waals surface area (Å²) >= 11 is 0. The topological polar surface area (TPSA) is 167 Å². The number of aromatic nitrogens is 4. The first kappa shape index (κ1) is 18.5. The van der Waals surface area contributed by atoms with E-state index in [1.54, 1.807) is 12.2 Å². The Labute approximate surface area is 165 Å². The number of aliphatic carboxylic acids is 1. The lowest BCUT2D eigenvalue weighted by atomic mass is 9.68. The summed E-state index contributed by atoms with van der Waals surface area (Å²) in [5.41, 5.74) is 11.8. The zero-order valence-electron chi connectivity index (χ0n) is 15.3. The van der Waals surface area contributed by atoms with Crippen molar-refractivity contribution in [2.24, 2.45) is 11.3 Å². The number of esters is 1. The average Bonchev–Trinajstić information content (AvgIpc) is 2.96. The van der Waals surface area contributed by atoms with Gasteiger partial charge in [0.25, 0.3) is 0 Å². The maximum Gasteiger partial charge on any atom is 0.335 e. The molecular weight excluding hydrogens is 376 g/mol. The molecule has 0 saturated carbocycles. The van der Waals surface area contributed by atoms with Gasteiger partial charge in [-0.15, -0.1) is 0 Å². The lowest BCUT2D eigenvalue weighted by molar-refractivity contribution is -0.146. The number of nitrogen functional groups attached to an aromatic ring is 2. The molecule has 2 unspecified atom stereocenters. The number of carboxylic acid groups (broad SMARTS) is 1. The molecule has 2 aliphatic rings. The van der Waals surface area contributed by atoms with Crippen LogP contribution in [0.2, 0.25) is 0 Å². The lowest BCUT2D eigenvalue weighted by Crippen LogP contribution is -2.37. The minimum Gasteiger partial charge on any atom is -0.478 e. The fourth-order valence-electron chi connectivity index (χ4n) is 3.82. The van der Waals surface area contributed by atoms with E-state index in [4.69, 9.17) is 21.3 Å². The van der Waals surface area contributed by atoms with Gasteiger partial charge in [0.15, 0.2) is 17.0 Å².